The molecule has 2 saturated heterocycles. The summed E-state index contributed by atoms with van der Waals surface area (Å²) >= 11 is 0. The SMILES string of the molecule is C=C(C1CC=C(c2ccc(CCC3CCN(C4=NC(C(C)C)=NC4)CC3)cc2)CC1)N1CCC(CC)CC1. The molecule has 0 aromatic heterocycles. The van der Waals surface area contributed by atoms with Gasteiger partial charge in [0.1, 0.15) is 11.7 Å². The molecule has 1 aliphatic carbocycles. The van der Waals surface area contributed by atoms with E-state index in [2.05, 4.69) is 72.5 Å². The Kier molecular flexibility index (Phi) is 9.07. The van der Waals surface area contributed by atoms with Gasteiger partial charge in [0, 0.05) is 43.7 Å². The van der Waals surface area contributed by atoms with Gasteiger partial charge in [-0.05, 0) is 86.3 Å². The summed E-state index contributed by atoms with van der Waals surface area (Å²) in [5.41, 5.74) is 5.86. The first-order chi connectivity index (χ1) is 18.5. The lowest BCUT2D eigenvalue weighted by atomic mass is 9.83. The van der Waals surface area contributed by atoms with Crippen LogP contribution in [0.25, 0.3) is 5.57 Å². The molecule has 0 radical (unpaired) electrons. The number of likely N-dealkylation sites (tertiary alicyclic amines) is 2. The van der Waals surface area contributed by atoms with Gasteiger partial charge in [0.25, 0.3) is 0 Å². The van der Waals surface area contributed by atoms with Crippen molar-refractivity contribution in [2.75, 3.05) is 32.7 Å². The van der Waals surface area contributed by atoms with Gasteiger partial charge in [-0.3, -0.25) is 4.99 Å². The van der Waals surface area contributed by atoms with Crippen LogP contribution in [0.5, 0.6) is 0 Å². The third kappa shape index (κ3) is 6.61. The molecule has 5 rings (SSSR count). The summed E-state index contributed by atoms with van der Waals surface area (Å²) < 4.78 is 0. The van der Waals surface area contributed by atoms with Crippen molar-refractivity contribution in [1.29, 1.82) is 0 Å². The van der Waals surface area contributed by atoms with E-state index in [0.717, 1.165) is 43.7 Å². The van der Waals surface area contributed by atoms with Crippen LogP contribution in [0.2, 0.25) is 0 Å². The highest BCUT2D eigenvalue weighted by molar-refractivity contribution is 6.03. The molecule has 206 valence electrons. The number of nitrogens with zero attached hydrogens (tertiary/aromatic N) is 4. The number of amidine groups is 2. The maximum Gasteiger partial charge on any atom is 0.128 e. The van der Waals surface area contributed by atoms with Gasteiger partial charge in [-0.1, -0.05) is 64.1 Å². The highest BCUT2D eigenvalue weighted by Gasteiger charge is 2.26. The topological polar surface area (TPSA) is 31.2 Å². The Morgan fingerprint density at radius 1 is 0.974 bits per heavy atom. The molecule has 1 unspecified atom stereocenters. The molecule has 2 fully saturated rings. The minimum Gasteiger partial charge on any atom is -0.375 e. The third-order valence-corrected chi connectivity index (χ3v) is 9.77. The maximum absolute atomic E-state index is 4.80. The number of hydrogen-bond donors (Lipinski definition) is 0. The molecule has 0 amide bonds. The minimum absolute atomic E-state index is 0.432. The maximum atomic E-state index is 4.80. The predicted molar refractivity (Wildman–Crippen MR) is 163 cm³/mol. The number of aryl methyl sites for hydroxylation is 1. The monoisotopic (exact) mass is 514 g/mol. The molecule has 1 aromatic carbocycles. The molecule has 0 saturated carbocycles. The van der Waals surface area contributed by atoms with Crippen LogP contribution in [-0.2, 0) is 6.42 Å². The van der Waals surface area contributed by atoms with Crippen molar-refractivity contribution in [1.82, 2.24) is 9.80 Å². The fourth-order valence-electron chi connectivity index (χ4n) is 6.86. The highest BCUT2D eigenvalue weighted by Crippen LogP contribution is 2.36. The summed E-state index contributed by atoms with van der Waals surface area (Å²) in [6.45, 7) is 16.7. The van der Waals surface area contributed by atoms with Crippen LogP contribution in [0, 0.1) is 23.7 Å². The Morgan fingerprint density at radius 2 is 1.68 bits per heavy atom. The fraction of sp³-hybridized carbons (Fsp3) is 0.647. The molecular formula is C34H50N4. The van der Waals surface area contributed by atoms with Crippen LogP contribution in [0.3, 0.4) is 0 Å². The Bertz CT molecular complexity index is 1030. The second-order valence-corrected chi connectivity index (χ2v) is 12.6. The van der Waals surface area contributed by atoms with Crippen molar-refractivity contribution in [3.8, 4) is 0 Å². The summed E-state index contributed by atoms with van der Waals surface area (Å²) in [7, 11) is 0. The molecule has 0 spiro atoms. The Hall–Kier alpha value is -2.36. The van der Waals surface area contributed by atoms with Gasteiger partial charge >= 0.3 is 0 Å². The molecule has 0 bridgehead atoms. The lowest BCUT2D eigenvalue weighted by molar-refractivity contribution is 0.202. The molecule has 0 N–H and O–H groups in total. The second-order valence-electron chi connectivity index (χ2n) is 12.6. The van der Waals surface area contributed by atoms with E-state index in [4.69, 9.17) is 4.99 Å². The third-order valence-electron chi connectivity index (χ3n) is 9.77. The first kappa shape index (κ1) is 27.2. The second kappa shape index (κ2) is 12.7. The number of benzene rings is 1. The van der Waals surface area contributed by atoms with Crippen molar-refractivity contribution < 1.29 is 0 Å². The normalized spacial score (nSPS) is 23.5. The largest absolute Gasteiger partial charge is 0.375 e. The first-order valence-electron chi connectivity index (χ1n) is 15.6. The Labute approximate surface area is 232 Å². The van der Waals surface area contributed by atoms with Crippen LogP contribution in [0.4, 0.5) is 0 Å². The first-order valence-corrected chi connectivity index (χ1v) is 15.6. The fourth-order valence-corrected chi connectivity index (χ4v) is 6.86. The summed E-state index contributed by atoms with van der Waals surface area (Å²) in [6, 6.07) is 9.51. The summed E-state index contributed by atoms with van der Waals surface area (Å²) in [5.74, 6) is 5.06. The van der Waals surface area contributed by atoms with Crippen molar-refractivity contribution in [3.05, 3.63) is 53.7 Å². The van der Waals surface area contributed by atoms with E-state index in [0.29, 0.717) is 11.8 Å². The molecule has 3 heterocycles. The van der Waals surface area contributed by atoms with E-state index in [1.807, 2.05) is 0 Å². The van der Waals surface area contributed by atoms with Gasteiger partial charge < -0.3 is 9.80 Å². The molecule has 1 aromatic rings. The van der Waals surface area contributed by atoms with E-state index in [1.54, 1.807) is 0 Å². The van der Waals surface area contributed by atoms with Crippen molar-refractivity contribution in [2.45, 2.75) is 85.0 Å². The van der Waals surface area contributed by atoms with E-state index in [-0.39, 0.29) is 0 Å². The average molecular weight is 515 g/mol. The molecular weight excluding hydrogens is 464 g/mol. The summed E-state index contributed by atoms with van der Waals surface area (Å²) in [4.78, 5) is 14.5. The number of allylic oxidation sites excluding steroid dienone is 3. The quantitative estimate of drug-likeness (QED) is 0.357. The van der Waals surface area contributed by atoms with Crippen molar-refractivity contribution in [3.63, 3.8) is 0 Å². The molecule has 4 nitrogen and oxygen atoms in total. The lowest BCUT2D eigenvalue weighted by Gasteiger charge is -2.38. The number of piperidine rings is 2. The molecule has 4 heteroatoms. The molecule has 3 aliphatic heterocycles. The van der Waals surface area contributed by atoms with Gasteiger partial charge in [-0.25, -0.2) is 4.99 Å². The minimum atomic E-state index is 0.432. The van der Waals surface area contributed by atoms with Crippen LogP contribution in [-0.4, -0.2) is 54.2 Å². The molecule has 38 heavy (non-hydrogen) atoms. The number of rotatable bonds is 8. The van der Waals surface area contributed by atoms with E-state index < -0.39 is 0 Å². The Balaban J connectivity index is 1.04. The zero-order valence-corrected chi connectivity index (χ0v) is 24.3. The van der Waals surface area contributed by atoms with Gasteiger partial charge in [-0.15, -0.1) is 0 Å². The summed E-state index contributed by atoms with van der Waals surface area (Å²) in [6.07, 6.45) is 15.2. The zero-order valence-electron chi connectivity index (χ0n) is 24.3. The van der Waals surface area contributed by atoms with E-state index in [9.17, 15) is 0 Å². The van der Waals surface area contributed by atoms with E-state index >= 15 is 0 Å². The zero-order chi connectivity index (χ0) is 26.5. The molecule has 4 aliphatic rings. The number of aliphatic imine (C=N–C) groups is 2. The van der Waals surface area contributed by atoms with Crippen LogP contribution < -0.4 is 0 Å². The van der Waals surface area contributed by atoms with Crippen molar-refractivity contribution >= 4 is 17.2 Å². The van der Waals surface area contributed by atoms with Gasteiger partial charge in [0.15, 0.2) is 0 Å². The van der Waals surface area contributed by atoms with Crippen LogP contribution in [0.15, 0.2) is 52.6 Å². The Morgan fingerprint density at radius 3 is 2.29 bits per heavy atom. The van der Waals surface area contributed by atoms with Crippen LogP contribution in [0.1, 0.15) is 89.7 Å². The summed E-state index contributed by atoms with van der Waals surface area (Å²) in [5, 5.41) is 0. The predicted octanol–water partition coefficient (Wildman–Crippen LogP) is 7.62. The smallest absolute Gasteiger partial charge is 0.128 e. The highest BCUT2D eigenvalue weighted by atomic mass is 15.2. The standard InChI is InChI=1S/C34H50N4/c1-5-27-16-20-37(21-17-27)26(4)30-12-14-32(15-13-30)31-10-8-28(9-11-31)6-7-29-18-22-38(23-19-29)33-24-35-34(36-33)25(2)3/h8-11,14,25,27,29-30H,4-7,12-13,15-24H2,1-3H3. The van der Waals surface area contributed by atoms with E-state index in [1.165, 1.54) is 99.1 Å². The number of hydrogen-bond acceptors (Lipinski definition) is 4. The molecule has 1 atom stereocenters. The lowest BCUT2D eigenvalue weighted by Crippen LogP contribution is -2.39. The van der Waals surface area contributed by atoms with Gasteiger partial charge in [0.2, 0.25) is 0 Å². The van der Waals surface area contributed by atoms with Crippen LogP contribution >= 0.6 is 0 Å². The van der Waals surface area contributed by atoms with Crippen molar-refractivity contribution in [2.24, 2.45) is 33.7 Å². The van der Waals surface area contributed by atoms with Gasteiger partial charge in [0.05, 0.1) is 6.54 Å². The average Bonchev–Trinajstić information content (AvgIpc) is 3.47. The van der Waals surface area contributed by atoms with Gasteiger partial charge in [-0.2, -0.15) is 0 Å².